The summed E-state index contributed by atoms with van der Waals surface area (Å²) in [5.74, 6) is -3.32. The minimum Gasteiger partial charge on any atom is -0.388 e. The molecule has 2 aromatic rings. The van der Waals surface area contributed by atoms with Gasteiger partial charge in [0.15, 0.2) is 0 Å². The Morgan fingerprint density at radius 3 is 2.15 bits per heavy atom. The van der Waals surface area contributed by atoms with Gasteiger partial charge < -0.3 is 5.11 Å². The summed E-state index contributed by atoms with van der Waals surface area (Å²) in [5.41, 5.74) is -0.726. The van der Waals surface area contributed by atoms with Gasteiger partial charge in [-0.15, -0.1) is 0 Å². The number of aliphatic hydroxyl groups is 1. The molecule has 1 N–H and O–H groups in total. The molecule has 0 amide bonds. The summed E-state index contributed by atoms with van der Waals surface area (Å²) in [6.45, 7) is 0. The van der Waals surface area contributed by atoms with E-state index in [1.54, 1.807) is 0 Å². The van der Waals surface area contributed by atoms with E-state index in [0.29, 0.717) is 0 Å². The molecule has 0 spiro atoms. The Morgan fingerprint density at radius 2 is 1.55 bits per heavy atom. The minimum absolute atomic E-state index is 0.0944. The fourth-order valence-corrected chi connectivity index (χ4v) is 2.14. The summed E-state index contributed by atoms with van der Waals surface area (Å²) in [5, 5.41) is 9.86. The van der Waals surface area contributed by atoms with Crippen molar-refractivity contribution in [2.24, 2.45) is 0 Å². The average molecular weight is 349 g/mol. The molecule has 106 valence electrons. The maximum atomic E-state index is 13.6. The molecule has 2 aromatic carbocycles. The van der Waals surface area contributed by atoms with E-state index in [2.05, 4.69) is 15.9 Å². The van der Waals surface area contributed by atoms with Crippen LogP contribution in [-0.2, 0) is 6.42 Å². The van der Waals surface area contributed by atoms with E-state index in [1.165, 1.54) is 6.07 Å². The van der Waals surface area contributed by atoms with Crippen molar-refractivity contribution in [2.45, 2.75) is 12.5 Å². The van der Waals surface area contributed by atoms with Crippen molar-refractivity contribution >= 4 is 15.9 Å². The highest BCUT2D eigenvalue weighted by atomic mass is 79.9. The highest BCUT2D eigenvalue weighted by Gasteiger charge is 2.19. The lowest BCUT2D eigenvalue weighted by molar-refractivity contribution is 0.170. The number of rotatable bonds is 3. The maximum Gasteiger partial charge on any atom is 0.137 e. The zero-order valence-electron chi connectivity index (χ0n) is 10.0. The Bertz CT molecular complexity index is 625. The van der Waals surface area contributed by atoms with Gasteiger partial charge in [0.1, 0.15) is 23.3 Å². The molecule has 0 aliphatic heterocycles. The molecule has 0 aliphatic carbocycles. The molecule has 0 bridgehead atoms. The molecule has 1 atom stereocenters. The van der Waals surface area contributed by atoms with Crippen molar-refractivity contribution in [1.82, 2.24) is 0 Å². The minimum atomic E-state index is -1.55. The standard InChI is InChI=1S/C14H9BrF4O/c15-9-6-12(18)8(4-13(9)19)14(20)5-7-10(16)2-1-3-11(7)17/h1-4,6,14,20H,5H2. The quantitative estimate of drug-likeness (QED) is 0.648. The lowest BCUT2D eigenvalue weighted by Crippen LogP contribution is -2.08. The van der Waals surface area contributed by atoms with Gasteiger partial charge in [-0.1, -0.05) is 6.07 Å². The van der Waals surface area contributed by atoms with Crippen LogP contribution in [0.1, 0.15) is 17.2 Å². The van der Waals surface area contributed by atoms with E-state index in [1.807, 2.05) is 0 Å². The first kappa shape index (κ1) is 15.0. The largest absolute Gasteiger partial charge is 0.388 e. The molecule has 1 unspecified atom stereocenters. The molecule has 0 fully saturated rings. The van der Waals surface area contributed by atoms with Gasteiger partial charge in [-0.05, 0) is 40.2 Å². The van der Waals surface area contributed by atoms with Gasteiger partial charge in [-0.2, -0.15) is 0 Å². The van der Waals surface area contributed by atoms with Crippen LogP contribution in [0.15, 0.2) is 34.8 Å². The van der Waals surface area contributed by atoms with E-state index in [0.717, 1.165) is 24.3 Å². The SMILES string of the molecule is OC(Cc1c(F)cccc1F)c1cc(F)c(Br)cc1F. The van der Waals surface area contributed by atoms with E-state index in [4.69, 9.17) is 0 Å². The van der Waals surface area contributed by atoms with Crippen LogP contribution >= 0.6 is 15.9 Å². The smallest absolute Gasteiger partial charge is 0.137 e. The number of hydrogen-bond acceptors (Lipinski definition) is 1. The van der Waals surface area contributed by atoms with Crippen LogP contribution < -0.4 is 0 Å². The van der Waals surface area contributed by atoms with Gasteiger partial charge in [0.2, 0.25) is 0 Å². The summed E-state index contributed by atoms with van der Waals surface area (Å²) in [4.78, 5) is 0. The van der Waals surface area contributed by atoms with E-state index < -0.39 is 35.8 Å². The van der Waals surface area contributed by atoms with E-state index in [9.17, 15) is 22.7 Å². The highest BCUT2D eigenvalue weighted by molar-refractivity contribution is 9.10. The second-order valence-electron chi connectivity index (χ2n) is 4.21. The van der Waals surface area contributed by atoms with Crippen molar-refractivity contribution in [3.63, 3.8) is 0 Å². The molecule has 0 heterocycles. The van der Waals surface area contributed by atoms with E-state index in [-0.39, 0.29) is 15.6 Å². The fraction of sp³-hybridized carbons (Fsp3) is 0.143. The van der Waals surface area contributed by atoms with Crippen molar-refractivity contribution in [3.05, 3.63) is 69.2 Å². The summed E-state index contributed by atoms with van der Waals surface area (Å²) in [6.07, 6.45) is -2.04. The Hall–Kier alpha value is -1.40. The Labute approximate surface area is 121 Å². The summed E-state index contributed by atoms with van der Waals surface area (Å²) in [6, 6.07) is 4.89. The first-order chi connectivity index (χ1) is 9.40. The Kier molecular flexibility index (Phi) is 4.45. The maximum absolute atomic E-state index is 13.6. The van der Waals surface area contributed by atoms with Gasteiger partial charge in [-0.25, -0.2) is 17.6 Å². The molecule has 0 radical (unpaired) electrons. The Morgan fingerprint density at radius 1 is 0.950 bits per heavy atom. The lowest BCUT2D eigenvalue weighted by Gasteiger charge is -2.14. The highest BCUT2D eigenvalue weighted by Crippen LogP contribution is 2.27. The zero-order valence-corrected chi connectivity index (χ0v) is 11.6. The molecule has 6 heteroatoms. The normalized spacial score (nSPS) is 12.5. The molecule has 0 saturated carbocycles. The van der Waals surface area contributed by atoms with Gasteiger partial charge in [0.25, 0.3) is 0 Å². The first-order valence-corrected chi connectivity index (χ1v) is 6.45. The van der Waals surface area contributed by atoms with Crippen LogP contribution in [0.25, 0.3) is 0 Å². The van der Waals surface area contributed by atoms with Gasteiger partial charge >= 0.3 is 0 Å². The monoisotopic (exact) mass is 348 g/mol. The summed E-state index contributed by atoms with van der Waals surface area (Å²) < 4.78 is 53.8. The molecule has 20 heavy (non-hydrogen) atoms. The van der Waals surface area contributed by atoms with Crippen molar-refractivity contribution in [2.75, 3.05) is 0 Å². The van der Waals surface area contributed by atoms with E-state index >= 15 is 0 Å². The third kappa shape index (κ3) is 3.02. The lowest BCUT2D eigenvalue weighted by atomic mass is 10.00. The van der Waals surface area contributed by atoms with Gasteiger partial charge in [0, 0.05) is 17.5 Å². The number of halogens is 5. The molecule has 1 nitrogen and oxygen atoms in total. The van der Waals surface area contributed by atoms with Crippen LogP contribution in [0.5, 0.6) is 0 Å². The van der Waals surface area contributed by atoms with Crippen molar-refractivity contribution in [1.29, 1.82) is 0 Å². The number of benzene rings is 2. The predicted molar refractivity (Wildman–Crippen MR) is 69.1 cm³/mol. The molecule has 0 aromatic heterocycles. The molecule has 0 aliphatic rings. The second-order valence-corrected chi connectivity index (χ2v) is 5.06. The molecular formula is C14H9BrF4O. The van der Waals surface area contributed by atoms with Crippen LogP contribution in [0, 0.1) is 23.3 Å². The summed E-state index contributed by atoms with van der Waals surface area (Å²) >= 11 is 2.80. The Balaban J connectivity index is 2.33. The third-order valence-corrected chi connectivity index (χ3v) is 3.47. The molecular weight excluding hydrogens is 340 g/mol. The number of hydrogen-bond donors (Lipinski definition) is 1. The molecule has 0 saturated heterocycles. The third-order valence-electron chi connectivity index (χ3n) is 2.86. The fourth-order valence-electron chi connectivity index (χ4n) is 1.82. The first-order valence-electron chi connectivity index (χ1n) is 5.65. The van der Waals surface area contributed by atoms with Crippen LogP contribution in [0.2, 0.25) is 0 Å². The second kappa shape index (κ2) is 5.93. The zero-order chi connectivity index (χ0) is 14.9. The number of aliphatic hydroxyl groups excluding tert-OH is 1. The van der Waals surface area contributed by atoms with Crippen molar-refractivity contribution < 1.29 is 22.7 Å². The topological polar surface area (TPSA) is 20.2 Å². The van der Waals surface area contributed by atoms with Crippen molar-refractivity contribution in [3.8, 4) is 0 Å². The summed E-state index contributed by atoms with van der Waals surface area (Å²) in [7, 11) is 0. The van der Waals surface area contributed by atoms with Gasteiger partial charge in [0.05, 0.1) is 10.6 Å². The van der Waals surface area contributed by atoms with Gasteiger partial charge in [-0.3, -0.25) is 0 Å². The average Bonchev–Trinajstić information content (AvgIpc) is 2.38. The van der Waals surface area contributed by atoms with Crippen LogP contribution in [0.3, 0.4) is 0 Å². The predicted octanol–water partition coefficient (Wildman–Crippen LogP) is 4.28. The van der Waals surface area contributed by atoms with Crippen LogP contribution in [0.4, 0.5) is 17.6 Å². The molecule has 2 rings (SSSR count). The van der Waals surface area contributed by atoms with Crippen LogP contribution in [-0.4, -0.2) is 5.11 Å².